The van der Waals surface area contributed by atoms with Gasteiger partial charge in [-0.25, -0.2) is 0 Å². The Kier molecular flexibility index (Phi) is 3.74. The largest absolute Gasteiger partial charge is 0.391 e. The number of rotatable bonds is 2. The quantitative estimate of drug-likeness (QED) is 0.813. The number of aromatic nitrogens is 1. The molecule has 1 fully saturated rings. The number of carbonyl (C=O) groups is 1. The molecule has 2 atom stereocenters. The number of amides is 1. The molecule has 17 heavy (non-hydrogen) atoms. The summed E-state index contributed by atoms with van der Waals surface area (Å²) in [7, 11) is 0. The molecule has 1 aliphatic rings. The van der Waals surface area contributed by atoms with Crippen LogP contribution in [0.4, 0.5) is 0 Å². The van der Waals surface area contributed by atoms with E-state index in [1.807, 2.05) is 6.92 Å². The minimum Gasteiger partial charge on any atom is -0.391 e. The van der Waals surface area contributed by atoms with Crippen LogP contribution < -0.4 is 5.32 Å². The van der Waals surface area contributed by atoms with E-state index in [2.05, 4.69) is 10.3 Å². The molecular weight excluding hydrogens is 216 g/mol. The van der Waals surface area contributed by atoms with E-state index in [1.165, 1.54) is 0 Å². The standard InChI is InChI=1S/C13H18N2O2/c1-9-6-10(8-14-7-9)13(17)15-11-4-2-3-5-12(11)16/h6-8,11-12,16H,2-5H2,1H3,(H,15,17)/t11-,12-/m0/s1. The fourth-order valence-electron chi connectivity index (χ4n) is 2.21. The second-order valence-electron chi connectivity index (χ2n) is 4.68. The number of aliphatic hydroxyl groups is 1. The Hall–Kier alpha value is -1.42. The van der Waals surface area contributed by atoms with Crippen LogP contribution in [0.2, 0.25) is 0 Å². The monoisotopic (exact) mass is 234 g/mol. The summed E-state index contributed by atoms with van der Waals surface area (Å²) in [5.74, 6) is -0.146. The first kappa shape index (κ1) is 12.0. The topological polar surface area (TPSA) is 62.2 Å². The van der Waals surface area contributed by atoms with Crippen LogP contribution >= 0.6 is 0 Å². The fourth-order valence-corrected chi connectivity index (χ4v) is 2.21. The molecule has 1 saturated carbocycles. The molecule has 0 bridgehead atoms. The molecule has 4 nitrogen and oxygen atoms in total. The molecule has 1 aromatic heterocycles. The maximum Gasteiger partial charge on any atom is 0.253 e. The van der Waals surface area contributed by atoms with Crippen molar-refractivity contribution in [1.29, 1.82) is 0 Å². The van der Waals surface area contributed by atoms with E-state index in [4.69, 9.17) is 0 Å². The summed E-state index contributed by atoms with van der Waals surface area (Å²) in [6, 6.07) is 1.69. The van der Waals surface area contributed by atoms with Crippen LogP contribution in [0, 0.1) is 6.92 Å². The smallest absolute Gasteiger partial charge is 0.253 e. The summed E-state index contributed by atoms with van der Waals surface area (Å²) in [4.78, 5) is 15.9. The van der Waals surface area contributed by atoms with Crippen molar-refractivity contribution in [2.45, 2.75) is 44.8 Å². The summed E-state index contributed by atoms with van der Waals surface area (Å²) in [6.45, 7) is 1.90. The molecule has 1 amide bonds. The van der Waals surface area contributed by atoms with Crippen LogP contribution in [0.25, 0.3) is 0 Å². The van der Waals surface area contributed by atoms with Crippen molar-refractivity contribution in [2.75, 3.05) is 0 Å². The van der Waals surface area contributed by atoms with Gasteiger partial charge in [-0.05, 0) is 31.4 Å². The first-order valence-electron chi connectivity index (χ1n) is 6.07. The number of nitrogens with one attached hydrogen (secondary N) is 1. The number of pyridine rings is 1. The van der Waals surface area contributed by atoms with Crippen molar-refractivity contribution in [3.8, 4) is 0 Å². The Bertz CT molecular complexity index is 406. The van der Waals surface area contributed by atoms with Crippen molar-refractivity contribution in [1.82, 2.24) is 10.3 Å². The van der Waals surface area contributed by atoms with E-state index in [1.54, 1.807) is 18.5 Å². The highest BCUT2D eigenvalue weighted by molar-refractivity contribution is 5.94. The molecule has 0 aromatic carbocycles. The second kappa shape index (κ2) is 5.27. The first-order chi connectivity index (χ1) is 8.16. The van der Waals surface area contributed by atoms with Gasteiger partial charge in [-0.1, -0.05) is 12.8 Å². The van der Waals surface area contributed by atoms with Gasteiger partial charge in [0.25, 0.3) is 5.91 Å². The lowest BCUT2D eigenvalue weighted by molar-refractivity contribution is 0.0717. The molecular formula is C13H18N2O2. The van der Waals surface area contributed by atoms with Crippen LogP contribution in [0.1, 0.15) is 41.6 Å². The van der Waals surface area contributed by atoms with Crippen LogP contribution in [0.5, 0.6) is 0 Å². The summed E-state index contributed by atoms with van der Waals surface area (Å²) >= 11 is 0. The number of aliphatic hydroxyl groups excluding tert-OH is 1. The van der Waals surface area contributed by atoms with Crippen molar-refractivity contribution in [2.24, 2.45) is 0 Å². The summed E-state index contributed by atoms with van der Waals surface area (Å²) in [5, 5.41) is 12.7. The van der Waals surface area contributed by atoms with E-state index >= 15 is 0 Å². The molecule has 0 radical (unpaired) electrons. The predicted molar refractivity (Wildman–Crippen MR) is 64.7 cm³/mol. The third-order valence-electron chi connectivity index (χ3n) is 3.18. The average Bonchev–Trinajstić information content (AvgIpc) is 2.32. The third kappa shape index (κ3) is 3.03. The minimum atomic E-state index is -0.412. The number of aryl methyl sites for hydroxylation is 1. The first-order valence-corrected chi connectivity index (χ1v) is 6.07. The summed E-state index contributed by atoms with van der Waals surface area (Å²) < 4.78 is 0. The molecule has 0 aliphatic heterocycles. The highest BCUT2D eigenvalue weighted by atomic mass is 16.3. The maximum atomic E-state index is 11.9. The zero-order chi connectivity index (χ0) is 12.3. The molecule has 1 aliphatic carbocycles. The van der Waals surface area contributed by atoms with E-state index in [-0.39, 0.29) is 11.9 Å². The highest BCUT2D eigenvalue weighted by Gasteiger charge is 2.24. The Balaban J connectivity index is 2.01. The molecule has 92 valence electrons. The van der Waals surface area contributed by atoms with Crippen molar-refractivity contribution >= 4 is 5.91 Å². The number of carbonyl (C=O) groups excluding carboxylic acids is 1. The molecule has 1 heterocycles. The van der Waals surface area contributed by atoms with Gasteiger partial charge in [0.1, 0.15) is 0 Å². The fraction of sp³-hybridized carbons (Fsp3) is 0.538. The van der Waals surface area contributed by atoms with Gasteiger partial charge in [0.2, 0.25) is 0 Å². The lowest BCUT2D eigenvalue weighted by Gasteiger charge is -2.28. The lowest BCUT2D eigenvalue weighted by atomic mass is 9.92. The lowest BCUT2D eigenvalue weighted by Crippen LogP contribution is -2.45. The van der Waals surface area contributed by atoms with Gasteiger partial charge < -0.3 is 10.4 Å². The van der Waals surface area contributed by atoms with E-state index < -0.39 is 6.10 Å². The van der Waals surface area contributed by atoms with Gasteiger partial charge in [-0.3, -0.25) is 9.78 Å². The highest BCUT2D eigenvalue weighted by Crippen LogP contribution is 2.18. The molecule has 0 unspecified atom stereocenters. The molecule has 2 N–H and O–H groups in total. The van der Waals surface area contributed by atoms with Crippen LogP contribution in [-0.2, 0) is 0 Å². The van der Waals surface area contributed by atoms with E-state index in [0.29, 0.717) is 5.56 Å². The zero-order valence-electron chi connectivity index (χ0n) is 10.0. The second-order valence-corrected chi connectivity index (χ2v) is 4.68. The van der Waals surface area contributed by atoms with Crippen molar-refractivity contribution in [3.63, 3.8) is 0 Å². The van der Waals surface area contributed by atoms with Crippen molar-refractivity contribution < 1.29 is 9.90 Å². The SMILES string of the molecule is Cc1cncc(C(=O)N[C@H]2CCCC[C@@H]2O)c1. The van der Waals surface area contributed by atoms with Crippen LogP contribution in [-0.4, -0.2) is 28.1 Å². The van der Waals surface area contributed by atoms with Gasteiger partial charge in [-0.15, -0.1) is 0 Å². The summed E-state index contributed by atoms with van der Waals surface area (Å²) in [5.41, 5.74) is 1.52. The number of hydrogen-bond acceptors (Lipinski definition) is 3. The van der Waals surface area contributed by atoms with Crippen molar-refractivity contribution in [3.05, 3.63) is 29.6 Å². The average molecular weight is 234 g/mol. The van der Waals surface area contributed by atoms with E-state index in [0.717, 1.165) is 31.2 Å². The Morgan fingerprint density at radius 1 is 1.41 bits per heavy atom. The van der Waals surface area contributed by atoms with Gasteiger partial charge >= 0.3 is 0 Å². The molecule has 1 aromatic rings. The molecule has 2 rings (SSSR count). The summed E-state index contributed by atoms with van der Waals surface area (Å²) in [6.07, 6.45) is 6.59. The van der Waals surface area contributed by atoms with E-state index in [9.17, 15) is 9.90 Å². The van der Waals surface area contributed by atoms with Gasteiger partial charge in [0, 0.05) is 12.4 Å². The minimum absolute atomic E-state index is 0.114. The van der Waals surface area contributed by atoms with Gasteiger partial charge in [0.05, 0.1) is 17.7 Å². The van der Waals surface area contributed by atoms with Gasteiger partial charge in [-0.2, -0.15) is 0 Å². The Labute approximate surface area is 101 Å². The molecule has 0 spiro atoms. The normalized spacial score (nSPS) is 24.4. The van der Waals surface area contributed by atoms with Crippen LogP contribution in [0.15, 0.2) is 18.5 Å². The number of nitrogens with zero attached hydrogens (tertiary/aromatic N) is 1. The predicted octanol–water partition coefficient (Wildman–Crippen LogP) is 1.42. The van der Waals surface area contributed by atoms with Crippen LogP contribution in [0.3, 0.4) is 0 Å². The molecule has 4 heteroatoms. The third-order valence-corrected chi connectivity index (χ3v) is 3.18. The number of hydrogen-bond donors (Lipinski definition) is 2. The Morgan fingerprint density at radius 2 is 2.18 bits per heavy atom. The zero-order valence-corrected chi connectivity index (χ0v) is 10.0. The maximum absolute atomic E-state index is 11.9. The molecule has 0 saturated heterocycles. The Morgan fingerprint density at radius 3 is 2.88 bits per heavy atom. The van der Waals surface area contributed by atoms with Gasteiger partial charge in [0.15, 0.2) is 0 Å².